The normalized spacial score (nSPS) is 11.4. The van der Waals surface area contributed by atoms with Gasteiger partial charge in [-0.1, -0.05) is 15.9 Å². The van der Waals surface area contributed by atoms with E-state index in [4.69, 9.17) is 9.47 Å². The molecule has 0 saturated carbocycles. The lowest BCUT2D eigenvalue weighted by Crippen LogP contribution is -2.03. The summed E-state index contributed by atoms with van der Waals surface area (Å²) in [6.45, 7) is 2.43. The van der Waals surface area contributed by atoms with E-state index in [1.807, 2.05) is 6.92 Å². The van der Waals surface area contributed by atoms with Gasteiger partial charge in [0.05, 0.1) is 14.2 Å². The Kier molecular flexibility index (Phi) is 7.24. The Balaban J connectivity index is 2.02. The van der Waals surface area contributed by atoms with Crippen LogP contribution in [0.5, 0.6) is 17.2 Å². The van der Waals surface area contributed by atoms with Crippen molar-refractivity contribution in [1.82, 2.24) is 14.8 Å². The third-order valence-corrected chi connectivity index (χ3v) is 5.82. The van der Waals surface area contributed by atoms with Gasteiger partial charge in [0.25, 0.3) is 0 Å². The minimum absolute atomic E-state index is 0.00901. The SMILES string of the molecule is CCn1c(S/C(=C\c2cc(Br)ccc2O)C(=O)O)nnc1-c1cc(OC)cc(OC)c1. The number of rotatable bonds is 8. The van der Waals surface area contributed by atoms with Gasteiger partial charge in [0, 0.05) is 28.2 Å². The van der Waals surface area contributed by atoms with Gasteiger partial charge in [-0.3, -0.25) is 0 Å². The first-order valence-electron chi connectivity index (χ1n) is 9.14. The van der Waals surface area contributed by atoms with Crippen LogP contribution in [0.3, 0.4) is 0 Å². The summed E-state index contributed by atoms with van der Waals surface area (Å²) in [5, 5.41) is 28.6. The number of carbonyl (C=O) groups is 1. The number of hydrogen-bond donors (Lipinski definition) is 2. The molecule has 2 N–H and O–H groups in total. The number of methoxy groups -OCH3 is 2. The Morgan fingerprint density at radius 1 is 1.16 bits per heavy atom. The molecule has 0 radical (unpaired) electrons. The molecule has 2 aromatic carbocycles. The average molecular weight is 506 g/mol. The first-order valence-corrected chi connectivity index (χ1v) is 10.7. The molecule has 8 nitrogen and oxygen atoms in total. The second-order valence-corrected chi connectivity index (χ2v) is 8.20. The summed E-state index contributed by atoms with van der Waals surface area (Å²) in [7, 11) is 3.12. The predicted octanol–water partition coefficient (Wildman–Crippen LogP) is 4.67. The number of thioether (sulfide) groups is 1. The monoisotopic (exact) mass is 505 g/mol. The van der Waals surface area contributed by atoms with Crippen LogP contribution in [0, 0.1) is 0 Å². The number of halogens is 1. The Hall–Kier alpha value is -2.98. The summed E-state index contributed by atoms with van der Waals surface area (Å²) in [5.74, 6) is 0.594. The number of aromatic hydroxyl groups is 1. The standard InChI is InChI=1S/C21H20BrN3O5S/c1-4-25-19(13-8-15(29-2)11-16(9-13)30-3)23-24-21(25)31-18(20(27)28)10-12-7-14(22)5-6-17(12)26/h5-11,26H,4H2,1-3H3,(H,27,28)/b18-10-. The largest absolute Gasteiger partial charge is 0.507 e. The van der Waals surface area contributed by atoms with Crippen molar-refractivity contribution in [3.05, 3.63) is 51.3 Å². The molecule has 0 saturated heterocycles. The highest BCUT2D eigenvalue weighted by Gasteiger charge is 2.19. The Morgan fingerprint density at radius 2 is 1.84 bits per heavy atom. The van der Waals surface area contributed by atoms with E-state index in [0.29, 0.717) is 34.6 Å². The van der Waals surface area contributed by atoms with Gasteiger partial charge < -0.3 is 24.3 Å². The molecule has 3 aromatic rings. The summed E-state index contributed by atoms with van der Waals surface area (Å²) < 4.78 is 13.2. The van der Waals surface area contributed by atoms with Gasteiger partial charge in [-0.2, -0.15) is 0 Å². The maximum absolute atomic E-state index is 11.9. The number of phenols is 1. The highest BCUT2D eigenvalue weighted by atomic mass is 79.9. The van der Waals surface area contributed by atoms with Crippen LogP contribution in [0.2, 0.25) is 0 Å². The van der Waals surface area contributed by atoms with Gasteiger partial charge in [-0.05, 0) is 55.1 Å². The minimum Gasteiger partial charge on any atom is -0.507 e. The minimum atomic E-state index is -1.14. The third kappa shape index (κ3) is 5.20. The molecule has 0 aliphatic carbocycles. The van der Waals surface area contributed by atoms with Crippen molar-refractivity contribution in [2.45, 2.75) is 18.6 Å². The van der Waals surface area contributed by atoms with Crippen molar-refractivity contribution in [3.63, 3.8) is 0 Å². The lowest BCUT2D eigenvalue weighted by molar-refractivity contribution is -0.131. The molecule has 3 rings (SSSR count). The van der Waals surface area contributed by atoms with Crippen LogP contribution in [-0.4, -0.2) is 45.2 Å². The van der Waals surface area contributed by atoms with Gasteiger partial charge in [0.1, 0.15) is 22.2 Å². The van der Waals surface area contributed by atoms with Gasteiger partial charge in [-0.15, -0.1) is 10.2 Å². The van der Waals surface area contributed by atoms with E-state index >= 15 is 0 Å². The molecular formula is C21H20BrN3O5S. The smallest absolute Gasteiger partial charge is 0.342 e. The molecule has 0 atom stereocenters. The first-order chi connectivity index (χ1) is 14.9. The van der Waals surface area contributed by atoms with E-state index < -0.39 is 5.97 Å². The summed E-state index contributed by atoms with van der Waals surface area (Å²) in [5.41, 5.74) is 1.10. The summed E-state index contributed by atoms with van der Waals surface area (Å²) in [6, 6.07) is 10.2. The molecule has 0 amide bonds. The van der Waals surface area contributed by atoms with Crippen molar-refractivity contribution >= 4 is 39.7 Å². The third-order valence-electron chi connectivity index (χ3n) is 4.33. The number of hydrogen-bond acceptors (Lipinski definition) is 7. The molecule has 0 unspecified atom stereocenters. The number of aromatic nitrogens is 3. The molecule has 0 aliphatic heterocycles. The van der Waals surface area contributed by atoms with E-state index in [1.165, 1.54) is 12.1 Å². The average Bonchev–Trinajstić information content (AvgIpc) is 3.17. The summed E-state index contributed by atoms with van der Waals surface area (Å²) in [6.07, 6.45) is 1.40. The van der Waals surface area contributed by atoms with Crippen LogP contribution in [-0.2, 0) is 11.3 Å². The van der Waals surface area contributed by atoms with E-state index in [2.05, 4.69) is 26.1 Å². The number of benzene rings is 2. The van der Waals surface area contributed by atoms with E-state index in [0.717, 1.165) is 21.8 Å². The maximum Gasteiger partial charge on any atom is 0.342 e. The molecule has 1 heterocycles. The second kappa shape index (κ2) is 9.88. The Bertz CT molecular complexity index is 1120. The topological polar surface area (TPSA) is 107 Å². The Morgan fingerprint density at radius 3 is 2.42 bits per heavy atom. The van der Waals surface area contributed by atoms with Gasteiger partial charge >= 0.3 is 5.97 Å². The number of aliphatic carboxylic acids is 1. The number of nitrogens with zero attached hydrogens (tertiary/aromatic N) is 3. The van der Waals surface area contributed by atoms with E-state index in [1.54, 1.807) is 49.1 Å². The molecule has 10 heteroatoms. The van der Waals surface area contributed by atoms with Gasteiger partial charge in [0.15, 0.2) is 11.0 Å². The van der Waals surface area contributed by atoms with Crippen molar-refractivity contribution in [1.29, 1.82) is 0 Å². The zero-order chi connectivity index (χ0) is 22.5. The van der Waals surface area contributed by atoms with Crippen molar-refractivity contribution < 1.29 is 24.5 Å². The number of ether oxygens (including phenoxy) is 2. The molecule has 0 bridgehead atoms. The molecule has 0 spiro atoms. The highest BCUT2D eigenvalue weighted by Crippen LogP contribution is 2.34. The molecule has 0 fully saturated rings. The van der Waals surface area contributed by atoms with E-state index in [-0.39, 0.29) is 10.7 Å². The zero-order valence-corrected chi connectivity index (χ0v) is 19.4. The molecule has 0 aliphatic rings. The summed E-state index contributed by atoms with van der Waals surface area (Å²) in [4.78, 5) is 11.9. The van der Waals surface area contributed by atoms with Crippen LogP contribution < -0.4 is 9.47 Å². The van der Waals surface area contributed by atoms with Gasteiger partial charge in [0.2, 0.25) is 0 Å². The molecule has 162 valence electrons. The molecule has 1 aromatic heterocycles. The second-order valence-electron chi connectivity index (χ2n) is 6.27. The van der Waals surface area contributed by atoms with Crippen molar-refractivity contribution in [2.24, 2.45) is 0 Å². The lowest BCUT2D eigenvalue weighted by Gasteiger charge is -2.10. The van der Waals surface area contributed by atoms with Crippen LogP contribution in [0.1, 0.15) is 12.5 Å². The predicted molar refractivity (Wildman–Crippen MR) is 122 cm³/mol. The molecule has 31 heavy (non-hydrogen) atoms. The fourth-order valence-corrected chi connectivity index (χ4v) is 4.07. The van der Waals surface area contributed by atoms with Crippen molar-refractivity contribution in [3.8, 4) is 28.6 Å². The zero-order valence-electron chi connectivity index (χ0n) is 17.0. The van der Waals surface area contributed by atoms with Gasteiger partial charge in [-0.25, -0.2) is 4.79 Å². The number of phenolic OH excluding ortho intramolecular Hbond substituents is 1. The van der Waals surface area contributed by atoms with Crippen LogP contribution in [0.15, 0.2) is 50.9 Å². The van der Waals surface area contributed by atoms with Crippen LogP contribution in [0.25, 0.3) is 17.5 Å². The van der Waals surface area contributed by atoms with Crippen LogP contribution in [0.4, 0.5) is 0 Å². The highest BCUT2D eigenvalue weighted by molar-refractivity contribution is 9.10. The fourth-order valence-electron chi connectivity index (χ4n) is 2.81. The summed E-state index contributed by atoms with van der Waals surface area (Å²) >= 11 is 4.28. The van der Waals surface area contributed by atoms with Crippen molar-refractivity contribution in [2.75, 3.05) is 14.2 Å². The Labute approximate surface area is 191 Å². The number of carboxylic acid groups (broad SMARTS) is 1. The maximum atomic E-state index is 11.9. The van der Waals surface area contributed by atoms with Crippen LogP contribution >= 0.6 is 27.7 Å². The molecular weight excluding hydrogens is 486 g/mol. The lowest BCUT2D eigenvalue weighted by atomic mass is 10.2. The van der Waals surface area contributed by atoms with E-state index in [9.17, 15) is 15.0 Å². The number of carboxylic acids is 1. The fraction of sp³-hybridized carbons (Fsp3) is 0.190. The first kappa shape index (κ1) is 22.7. The quantitative estimate of drug-likeness (QED) is 0.336.